The van der Waals surface area contributed by atoms with E-state index in [1.54, 1.807) is 0 Å². The highest BCUT2D eigenvalue weighted by atomic mass is 16.5. The number of carbonyl (C=O) groups is 3. The summed E-state index contributed by atoms with van der Waals surface area (Å²) in [4.78, 5) is 36.4. The molecule has 8 heteroatoms. The number of carbonyl (C=O) groups excluding carboxylic acids is 2. The van der Waals surface area contributed by atoms with Crippen LogP contribution in [0.3, 0.4) is 0 Å². The molecule has 2 amide bonds. The van der Waals surface area contributed by atoms with Crippen molar-refractivity contribution in [2.45, 2.75) is 24.8 Å². The smallest absolute Gasteiger partial charge is 0.407 e. The molecule has 1 saturated heterocycles. The van der Waals surface area contributed by atoms with Gasteiger partial charge in [-0.15, -0.1) is 0 Å². The Morgan fingerprint density at radius 2 is 1.76 bits per heavy atom. The minimum Gasteiger partial charge on any atom is -0.481 e. The molecule has 3 aliphatic rings. The molecule has 0 aromatic heterocycles. The van der Waals surface area contributed by atoms with Crippen LogP contribution >= 0.6 is 0 Å². The number of fused-ring (bicyclic) bond motifs is 4. The Balaban J connectivity index is 1.20. The molecule has 1 heterocycles. The Hall–Kier alpha value is -3.39. The van der Waals surface area contributed by atoms with Gasteiger partial charge in [-0.1, -0.05) is 48.5 Å². The predicted octanol–water partition coefficient (Wildman–Crippen LogP) is 2.52. The molecular formula is C25H26N2O6. The fraction of sp³-hybridized carbons (Fsp3) is 0.400. The Morgan fingerprint density at radius 1 is 1.09 bits per heavy atom. The highest BCUT2D eigenvalue weighted by molar-refractivity contribution is 5.89. The standard InChI is InChI=1S/C25H26N2O6/c28-22(29)9-21(23(30)26-13-25-10-15(25)11-32-14-25)27-24(31)33-12-20-18-7-3-1-5-16(18)17-6-2-4-8-19(17)20/h1-8,15,20-21H,9-14H2,(H,26,30)(H,27,31)(H,28,29). The van der Waals surface area contributed by atoms with Crippen LogP contribution in [-0.4, -0.2) is 55.5 Å². The lowest BCUT2D eigenvalue weighted by molar-refractivity contribution is -0.139. The summed E-state index contributed by atoms with van der Waals surface area (Å²) in [5.74, 6) is -1.38. The lowest BCUT2D eigenvalue weighted by Crippen LogP contribution is -2.49. The van der Waals surface area contributed by atoms with E-state index in [4.69, 9.17) is 9.47 Å². The van der Waals surface area contributed by atoms with Gasteiger partial charge in [0.25, 0.3) is 0 Å². The van der Waals surface area contributed by atoms with Gasteiger partial charge in [0, 0.05) is 17.9 Å². The summed E-state index contributed by atoms with van der Waals surface area (Å²) in [5.41, 5.74) is 4.33. The van der Waals surface area contributed by atoms with Crippen molar-refractivity contribution in [1.29, 1.82) is 0 Å². The van der Waals surface area contributed by atoms with Gasteiger partial charge >= 0.3 is 12.1 Å². The Morgan fingerprint density at radius 3 is 2.33 bits per heavy atom. The SMILES string of the molecule is O=C(O)CC(NC(=O)OCC1c2ccccc2-c2ccccc21)C(=O)NCC12COCC1C2. The number of hydrogen-bond donors (Lipinski definition) is 3. The van der Waals surface area contributed by atoms with E-state index in [2.05, 4.69) is 10.6 Å². The predicted molar refractivity (Wildman–Crippen MR) is 119 cm³/mol. The fourth-order valence-corrected chi connectivity index (χ4v) is 5.07. The summed E-state index contributed by atoms with van der Waals surface area (Å²) in [5, 5.41) is 14.4. The van der Waals surface area contributed by atoms with Crippen LogP contribution in [0.4, 0.5) is 4.79 Å². The van der Waals surface area contributed by atoms with Crippen molar-refractivity contribution >= 4 is 18.0 Å². The number of alkyl carbamates (subject to hydrolysis) is 1. The van der Waals surface area contributed by atoms with Crippen LogP contribution in [0, 0.1) is 11.3 Å². The third-order valence-corrected chi connectivity index (χ3v) is 7.01. The lowest BCUT2D eigenvalue weighted by atomic mass is 9.98. The summed E-state index contributed by atoms with van der Waals surface area (Å²) >= 11 is 0. The average Bonchev–Trinajstić information content (AvgIpc) is 3.19. The molecule has 1 aliphatic heterocycles. The molecule has 1 saturated carbocycles. The van der Waals surface area contributed by atoms with Crippen LogP contribution in [0.1, 0.15) is 29.9 Å². The zero-order valence-corrected chi connectivity index (χ0v) is 18.1. The van der Waals surface area contributed by atoms with Gasteiger partial charge in [0.05, 0.1) is 19.6 Å². The molecule has 0 radical (unpaired) electrons. The summed E-state index contributed by atoms with van der Waals surface area (Å²) < 4.78 is 10.9. The van der Waals surface area contributed by atoms with Crippen LogP contribution in [0.15, 0.2) is 48.5 Å². The van der Waals surface area contributed by atoms with Gasteiger partial charge in [-0.2, -0.15) is 0 Å². The van der Waals surface area contributed by atoms with Crippen molar-refractivity contribution in [3.05, 3.63) is 59.7 Å². The molecule has 0 bridgehead atoms. The summed E-state index contributed by atoms with van der Waals surface area (Å²) in [6.45, 7) is 1.80. The molecule has 3 unspecified atom stereocenters. The van der Waals surface area contributed by atoms with Crippen molar-refractivity contribution < 1.29 is 29.0 Å². The highest BCUT2D eigenvalue weighted by Gasteiger charge is 2.58. The Kier molecular flexibility index (Phi) is 5.54. The molecule has 8 nitrogen and oxygen atoms in total. The summed E-state index contributed by atoms with van der Waals surface area (Å²) in [7, 11) is 0. The van der Waals surface area contributed by atoms with Crippen LogP contribution in [0.25, 0.3) is 11.1 Å². The van der Waals surface area contributed by atoms with E-state index < -0.39 is 30.4 Å². The van der Waals surface area contributed by atoms with Crippen LogP contribution in [0.5, 0.6) is 0 Å². The molecule has 33 heavy (non-hydrogen) atoms. The second-order valence-corrected chi connectivity index (χ2v) is 9.12. The van der Waals surface area contributed by atoms with Crippen molar-refractivity contribution in [3.63, 3.8) is 0 Å². The number of amides is 2. The molecule has 2 aromatic rings. The quantitative estimate of drug-likeness (QED) is 0.570. The maximum absolute atomic E-state index is 12.6. The van der Waals surface area contributed by atoms with Crippen LogP contribution < -0.4 is 10.6 Å². The van der Waals surface area contributed by atoms with E-state index in [1.165, 1.54) is 0 Å². The summed E-state index contributed by atoms with van der Waals surface area (Å²) in [6.07, 6.45) is -0.343. The van der Waals surface area contributed by atoms with Gasteiger partial charge in [0.1, 0.15) is 12.6 Å². The maximum Gasteiger partial charge on any atom is 0.407 e. The highest BCUT2D eigenvalue weighted by Crippen LogP contribution is 2.56. The third kappa shape index (κ3) is 4.18. The number of rotatable bonds is 8. The fourth-order valence-electron chi connectivity index (χ4n) is 5.07. The van der Waals surface area contributed by atoms with Crippen molar-refractivity contribution in [3.8, 4) is 11.1 Å². The van der Waals surface area contributed by atoms with Crippen molar-refractivity contribution in [2.24, 2.45) is 11.3 Å². The normalized spacial score (nSPS) is 23.1. The molecule has 2 aliphatic carbocycles. The first-order chi connectivity index (χ1) is 16.0. The largest absolute Gasteiger partial charge is 0.481 e. The first kappa shape index (κ1) is 21.5. The molecule has 172 valence electrons. The molecule has 3 atom stereocenters. The second kappa shape index (κ2) is 8.51. The van der Waals surface area contributed by atoms with Gasteiger partial charge in [-0.3, -0.25) is 9.59 Å². The van der Waals surface area contributed by atoms with Gasteiger partial charge in [0.2, 0.25) is 5.91 Å². The van der Waals surface area contributed by atoms with Gasteiger partial charge in [-0.05, 0) is 34.6 Å². The molecule has 0 spiro atoms. The molecule has 2 aromatic carbocycles. The lowest BCUT2D eigenvalue weighted by Gasteiger charge is -2.20. The zero-order valence-electron chi connectivity index (χ0n) is 18.1. The van der Waals surface area contributed by atoms with E-state index in [1.807, 2.05) is 48.5 Å². The molecule has 5 rings (SSSR count). The Bertz CT molecular complexity index is 1060. The third-order valence-electron chi connectivity index (χ3n) is 7.01. The topological polar surface area (TPSA) is 114 Å². The average molecular weight is 450 g/mol. The zero-order chi connectivity index (χ0) is 23.0. The van der Waals surface area contributed by atoms with E-state index in [9.17, 15) is 19.5 Å². The first-order valence-corrected chi connectivity index (χ1v) is 11.2. The number of carboxylic acid groups (broad SMARTS) is 1. The number of carboxylic acids is 1. The van der Waals surface area contributed by atoms with E-state index >= 15 is 0 Å². The molecule has 3 N–H and O–H groups in total. The van der Waals surface area contributed by atoms with Gasteiger partial charge in [0.15, 0.2) is 0 Å². The second-order valence-electron chi connectivity index (χ2n) is 9.12. The Labute approximate surface area is 191 Å². The number of hydrogen-bond acceptors (Lipinski definition) is 5. The van der Waals surface area contributed by atoms with Crippen molar-refractivity contribution in [1.82, 2.24) is 10.6 Å². The van der Waals surface area contributed by atoms with Crippen molar-refractivity contribution in [2.75, 3.05) is 26.4 Å². The van der Waals surface area contributed by atoms with E-state index in [0.717, 1.165) is 28.7 Å². The van der Waals surface area contributed by atoms with Gasteiger partial charge in [-0.25, -0.2) is 4.79 Å². The number of nitrogens with one attached hydrogen (secondary N) is 2. The minimum absolute atomic E-state index is 0.0345. The maximum atomic E-state index is 12.6. The number of aliphatic carboxylic acids is 1. The van der Waals surface area contributed by atoms with Crippen LogP contribution in [0.2, 0.25) is 0 Å². The number of ether oxygens (including phenoxy) is 2. The van der Waals surface area contributed by atoms with E-state index in [-0.39, 0.29) is 17.9 Å². The number of benzene rings is 2. The monoisotopic (exact) mass is 450 g/mol. The van der Waals surface area contributed by atoms with E-state index in [0.29, 0.717) is 25.7 Å². The molecular weight excluding hydrogens is 424 g/mol. The van der Waals surface area contributed by atoms with Gasteiger partial charge < -0.3 is 25.2 Å². The van der Waals surface area contributed by atoms with Crippen LogP contribution in [-0.2, 0) is 19.1 Å². The molecule has 2 fully saturated rings. The first-order valence-electron chi connectivity index (χ1n) is 11.2. The summed E-state index contributed by atoms with van der Waals surface area (Å²) in [6, 6.07) is 14.7. The minimum atomic E-state index is -1.21.